The zero-order valence-corrected chi connectivity index (χ0v) is 14.4. The molecule has 132 valence electrons. The highest BCUT2D eigenvalue weighted by molar-refractivity contribution is 5.85. The molecule has 3 amide bonds. The van der Waals surface area contributed by atoms with E-state index in [1.807, 2.05) is 4.90 Å². The van der Waals surface area contributed by atoms with Crippen LogP contribution in [0.2, 0.25) is 0 Å². The van der Waals surface area contributed by atoms with Gasteiger partial charge in [0.2, 0.25) is 5.91 Å². The molecule has 3 unspecified atom stereocenters. The number of likely N-dealkylation sites (tertiary alicyclic amines) is 1. The first-order valence-corrected chi connectivity index (χ1v) is 8.71. The van der Waals surface area contributed by atoms with Crippen LogP contribution >= 0.6 is 12.4 Å². The van der Waals surface area contributed by atoms with Gasteiger partial charge in [0, 0.05) is 25.2 Å². The summed E-state index contributed by atoms with van der Waals surface area (Å²) >= 11 is 0. The summed E-state index contributed by atoms with van der Waals surface area (Å²) in [6.45, 7) is 1.66. The summed E-state index contributed by atoms with van der Waals surface area (Å²) in [6.07, 6.45) is 7.94. The first-order chi connectivity index (χ1) is 10.6. The van der Waals surface area contributed by atoms with E-state index in [9.17, 15) is 9.59 Å². The molecular formula is C16H29ClN4O2. The van der Waals surface area contributed by atoms with Crippen LogP contribution in [-0.4, -0.2) is 48.6 Å². The predicted molar refractivity (Wildman–Crippen MR) is 91.4 cm³/mol. The maximum absolute atomic E-state index is 12.2. The van der Waals surface area contributed by atoms with E-state index in [0.717, 1.165) is 38.8 Å². The summed E-state index contributed by atoms with van der Waals surface area (Å²) in [4.78, 5) is 26.0. The number of fused-ring (bicyclic) bond motifs is 1. The highest BCUT2D eigenvalue weighted by Crippen LogP contribution is 2.36. The highest BCUT2D eigenvalue weighted by Gasteiger charge is 2.42. The number of carbonyl (C=O) groups is 2. The van der Waals surface area contributed by atoms with Crippen LogP contribution in [0, 0.1) is 11.8 Å². The quantitative estimate of drug-likeness (QED) is 0.719. The molecule has 0 aromatic carbocycles. The molecule has 0 spiro atoms. The lowest BCUT2D eigenvalue weighted by molar-refractivity contribution is -0.129. The number of nitrogens with two attached hydrogens (primary N) is 1. The molecular weight excluding hydrogens is 316 g/mol. The van der Waals surface area contributed by atoms with Crippen molar-refractivity contribution in [1.82, 2.24) is 15.5 Å². The van der Waals surface area contributed by atoms with Crippen LogP contribution in [-0.2, 0) is 4.79 Å². The number of amides is 3. The van der Waals surface area contributed by atoms with Crippen molar-refractivity contribution < 1.29 is 9.59 Å². The largest absolute Gasteiger partial charge is 0.341 e. The number of urea groups is 1. The molecule has 3 fully saturated rings. The molecule has 3 atom stereocenters. The summed E-state index contributed by atoms with van der Waals surface area (Å²) in [5.74, 6) is 1.04. The third-order valence-electron chi connectivity index (χ3n) is 5.61. The fourth-order valence-corrected chi connectivity index (χ4v) is 4.26. The fourth-order valence-electron chi connectivity index (χ4n) is 4.26. The molecule has 2 saturated carbocycles. The van der Waals surface area contributed by atoms with E-state index in [0.29, 0.717) is 11.8 Å². The van der Waals surface area contributed by atoms with Crippen molar-refractivity contribution in [2.75, 3.05) is 19.6 Å². The van der Waals surface area contributed by atoms with Crippen molar-refractivity contribution in [2.45, 2.75) is 57.0 Å². The van der Waals surface area contributed by atoms with Crippen molar-refractivity contribution in [3.8, 4) is 0 Å². The number of hydrogen-bond acceptors (Lipinski definition) is 3. The van der Waals surface area contributed by atoms with E-state index in [1.54, 1.807) is 0 Å². The van der Waals surface area contributed by atoms with Crippen LogP contribution in [0.4, 0.5) is 4.79 Å². The van der Waals surface area contributed by atoms with Crippen LogP contribution < -0.4 is 16.4 Å². The lowest BCUT2D eigenvalue weighted by atomic mass is 9.96. The highest BCUT2D eigenvalue weighted by atomic mass is 35.5. The topological polar surface area (TPSA) is 87.5 Å². The average molecular weight is 345 g/mol. The van der Waals surface area contributed by atoms with Gasteiger partial charge in [0.25, 0.3) is 0 Å². The number of nitrogens with one attached hydrogen (secondary N) is 2. The minimum Gasteiger partial charge on any atom is -0.341 e. The van der Waals surface area contributed by atoms with Gasteiger partial charge in [0.1, 0.15) is 0 Å². The van der Waals surface area contributed by atoms with E-state index in [4.69, 9.17) is 5.73 Å². The Morgan fingerprint density at radius 1 is 1.04 bits per heavy atom. The standard InChI is InChI=1S/C16H28N4O2.ClH/c17-14-7-6-11-9-20(10-13(11)14)15(21)8-18-16(22)19-12-4-2-1-3-5-12;/h11-14H,1-10,17H2,(H2,18,19,22);1H. The van der Waals surface area contributed by atoms with Crippen molar-refractivity contribution in [2.24, 2.45) is 17.6 Å². The lowest BCUT2D eigenvalue weighted by Gasteiger charge is -2.23. The van der Waals surface area contributed by atoms with Gasteiger partial charge in [-0.25, -0.2) is 4.79 Å². The Bertz CT molecular complexity index is 428. The van der Waals surface area contributed by atoms with Crippen molar-refractivity contribution in [3.05, 3.63) is 0 Å². The van der Waals surface area contributed by atoms with Gasteiger partial charge in [-0.05, 0) is 37.5 Å². The molecule has 4 N–H and O–H groups in total. The van der Waals surface area contributed by atoms with E-state index >= 15 is 0 Å². The molecule has 0 aromatic heterocycles. The normalized spacial score (nSPS) is 30.5. The zero-order valence-electron chi connectivity index (χ0n) is 13.6. The van der Waals surface area contributed by atoms with Gasteiger partial charge < -0.3 is 21.3 Å². The molecule has 2 aliphatic carbocycles. The molecule has 6 nitrogen and oxygen atoms in total. The summed E-state index contributed by atoms with van der Waals surface area (Å²) in [7, 11) is 0. The van der Waals surface area contributed by atoms with Crippen molar-refractivity contribution in [3.63, 3.8) is 0 Å². The number of nitrogens with zero attached hydrogens (tertiary/aromatic N) is 1. The summed E-state index contributed by atoms with van der Waals surface area (Å²) in [5.41, 5.74) is 6.09. The number of rotatable bonds is 3. The van der Waals surface area contributed by atoms with Crippen LogP contribution in [0.25, 0.3) is 0 Å². The van der Waals surface area contributed by atoms with Gasteiger partial charge >= 0.3 is 6.03 Å². The van der Waals surface area contributed by atoms with Crippen LogP contribution in [0.3, 0.4) is 0 Å². The minimum absolute atomic E-state index is 0. The molecule has 0 radical (unpaired) electrons. The first kappa shape index (κ1) is 18.3. The Balaban J connectivity index is 0.00000192. The lowest BCUT2D eigenvalue weighted by Crippen LogP contribution is -2.47. The molecule has 3 rings (SSSR count). The second-order valence-electron chi connectivity index (χ2n) is 7.13. The first-order valence-electron chi connectivity index (χ1n) is 8.71. The molecule has 7 heteroatoms. The molecule has 1 saturated heterocycles. The SMILES string of the molecule is Cl.NC1CCC2CN(C(=O)CNC(=O)NC3CCCCC3)CC12. The van der Waals surface area contributed by atoms with E-state index < -0.39 is 0 Å². The summed E-state index contributed by atoms with van der Waals surface area (Å²) < 4.78 is 0. The zero-order chi connectivity index (χ0) is 15.5. The Morgan fingerprint density at radius 3 is 2.48 bits per heavy atom. The van der Waals surface area contributed by atoms with Gasteiger partial charge in [0.15, 0.2) is 0 Å². The molecule has 3 aliphatic rings. The van der Waals surface area contributed by atoms with Gasteiger partial charge in [-0.15, -0.1) is 12.4 Å². The van der Waals surface area contributed by atoms with E-state index in [2.05, 4.69) is 10.6 Å². The smallest absolute Gasteiger partial charge is 0.315 e. The monoisotopic (exact) mass is 344 g/mol. The number of carbonyl (C=O) groups excluding carboxylic acids is 2. The Labute approximate surface area is 144 Å². The molecule has 1 heterocycles. The molecule has 0 bridgehead atoms. The van der Waals surface area contributed by atoms with Crippen molar-refractivity contribution in [1.29, 1.82) is 0 Å². The van der Waals surface area contributed by atoms with Crippen LogP contribution in [0.5, 0.6) is 0 Å². The third kappa shape index (κ3) is 4.51. The Kier molecular flexibility index (Phi) is 6.53. The fraction of sp³-hybridized carbons (Fsp3) is 0.875. The summed E-state index contributed by atoms with van der Waals surface area (Å²) in [6, 6.07) is 0.301. The second-order valence-corrected chi connectivity index (χ2v) is 7.13. The maximum atomic E-state index is 12.2. The second kappa shape index (κ2) is 8.20. The van der Waals surface area contributed by atoms with Gasteiger partial charge in [-0.3, -0.25) is 4.79 Å². The summed E-state index contributed by atoms with van der Waals surface area (Å²) in [5, 5.41) is 5.68. The van der Waals surface area contributed by atoms with Crippen LogP contribution in [0.15, 0.2) is 0 Å². The molecule has 0 aromatic rings. The maximum Gasteiger partial charge on any atom is 0.315 e. The predicted octanol–water partition coefficient (Wildman–Crippen LogP) is 1.24. The Hall–Kier alpha value is -1.01. The molecule has 23 heavy (non-hydrogen) atoms. The van der Waals surface area contributed by atoms with Crippen molar-refractivity contribution >= 4 is 24.3 Å². The number of hydrogen-bond donors (Lipinski definition) is 3. The molecule has 1 aliphatic heterocycles. The van der Waals surface area contributed by atoms with Gasteiger partial charge in [0.05, 0.1) is 6.54 Å². The van der Waals surface area contributed by atoms with E-state index in [-0.39, 0.29) is 43.0 Å². The van der Waals surface area contributed by atoms with Crippen LogP contribution in [0.1, 0.15) is 44.9 Å². The third-order valence-corrected chi connectivity index (χ3v) is 5.61. The van der Waals surface area contributed by atoms with E-state index in [1.165, 1.54) is 19.3 Å². The van der Waals surface area contributed by atoms with Gasteiger partial charge in [-0.1, -0.05) is 19.3 Å². The number of halogens is 1. The average Bonchev–Trinajstić information content (AvgIpc) is 3.08. The Morgan fingerprint density at radius 2 is 1.78 bits per heavy atom. The van der Waals surface area contributed by atoms with Gasteiger partial charge in [-0.2, -0.15) is 0 Å². The minimum atomic E-state index is -0.212.